The van der Waals surface area contributed by atoms with Crippen molar-refractivity contribution in [1.82, 2.24) is 0 Å². The van der Waals surface area contributed by atoms with E-state index in [0.29, 0.717) is 35.5 Å². The summed E-state index contributed by atoms with van der Waals surface area (Å²) >= 11 is 0. The normalized spacial score (nSPS) is 19.4. The summed E-state index contributed by atoms with van der Waals surface area (Å²) in [5.41, 5.74) is 19.2. The van der Waals surface area contributed by atoms with E-state index in [2.05, 4.69) is 86.6 Å². The molecule has 0 spiro atoms. The second-order valence-electron chi connectivity index (χ2n) is 30.0. The van der Waals surface area contributed by atoms with E-state index >= 15 is 4.89 Å². The van der Waals surface area contributed by atoms with Gasteiger partial charge in [0.25, 0.3) is 0 Å². The van der Waals surface area contributed by atoms with Crippen molar-refractivity contribution in [3.8, 4) is 22.3 Å². The monoisotopic (exact) mass is 1200 g/mol. The van der Waals surface area contributed by atoms with Gasteiger partial charge < -0.3 is 13.3 Å². The van der Waals surface area contributed by atoms with Crippen LogP contribution >= 0.6 is 8.24 Å². The third-order valence-corrected chi connectivity index (χ3v) is 24.5. The van der Waals surface area contributed by atoms with E-state index in [0.717, 1.165) is 34.8 Å². The van der Waals surface area contributed by atoms with Gasteiger partial charge in [-0.25, -0.2) is 0 Å². The molecule has 0 bridgehead atoms. The molecular formula is C84H112O3P-. The summed E-state index contributed by atoms with van der Waals surface area (Å²) < 4.78 is 14.9. The van der Waals surface area contributed by atoms with E-state index in [1.165, 1.54) is 325 Å². The smallest absolute Gasteiger partial charge is 0.149 e. The molecule has 13 rings (SSSR count). The molecule has 0 amide bonds. The van der Waals surface area contributed by atoms with Crippen LogP contribution in [-0.4, -0.2) is 0 Å². The van der Waals surface area contributed by atoms with Crippen molar-refractivity contribution in [3.05, 3.63) is 117 Å². The van der Waals surface area contributed by atoms with Crippen molar-refractivity contribution in [1.29, 1.82) is 0 Å². The maximum absolute atomic E-state index is 16.0. The van der Waals surface area contributed by atoms with Crippen LogP contribution in [-0.2, 0) is 12.8 Å². The number of hydrogen-bond donors (Lipinski definition) is 0. The largest absolute Gasteiger partial charge is 0.751 e. The molecule has 6 aromatic carbocycles. The van der Waals surface area contributed by atoms with Crippen LogP contribution in [0.5, 0.6) is 0 Å². The molecule has 6 saturated carbocycles. The van der Waals surface area contributed by atoms with Crippen molar-refractivity contribution in [2.45, 2.75) is 332 Å². The fourth-order valence-corrected chi connectivity index (χ4v) is 19.7. The summed E-state index contributed by atoms with van der Waals surface area (Å²) in [7, 11) is -2.64. The Balaban J connectivity index is 1.14. The molecular weight excluding hydrogens is 1090 g/mol. The lowest BCUT2D eigenvalue weighted by atomic mass is 9.71. The zero-order valence-electron chi connectivity index (χ0n) is 55.2. The quantitative estimate of drug-likeness (QED) is 0.0636. The average molecular weight is 1200 g/mol. The third kappa shape index (κ3) is 14.2. The van der Waals surface area contributed by atoms with E-state index in [-0.39, 0.29) is 0 Å². The molecule has 6 aliphatic rings. The van der Waals surface area contributed by atoms with E-state index in [4.69, 9.17) is 8.39 Å². The summed E-state index contributed by atoms with van der Waals surface area (Å²) in [6.07, 6.45) is 56.7. The number of aryl methyl sites for hydroxylation is 2. The van der Waals surface area contributed by atoms with E-state index < -0.39 is 8.24 Å². The molecule has 0 atom stereocenters. The Bertz CT molecular complexity index is 3160. The van der Waals surface area contributed by atoms with Crippen molar-refractivity contribution in [3.63, 3.8) is 0 Å². The molecule has 6 aliphatic carbocycles. The highest BCUT2D eigenvalue weighted by Gasteiger charge is 2.34. The Morgan fingerprint density at radius 3 is 0.955 bits per heavy atom. The average Bonchev–Trinajstić information content (AvgIpc) is 1.26. The predicted molar refractivity (Wildman–Crippen MR) is 377 cm³/mol. The van der Waals surface area contributed by atoms with E-state index in [1.807, 2.05) is 0 Å². The first kappa shape index (κ1) is 62.5. The van der Waals surface area contributed by atoms with Crippen LogP contribution < -0.4 is 4.89 Å². The molecule has 7 aromatic rings. The number of hydrogen-bond acceptors (Lipinski definition) is 3. The molecule has 0 saturated heterocycles. The first-order valence-corrected chi connectivity index (χ1v) is 39.0. The van der Waals surface area contributed by atoms with Gasteiger partial charge in [-0.1, -0.05) is 254 Å². The van der Waals surface area contributed by atoms with Crippen molar-refractivity contribution < 1.29 is 13.3 Å². The molecule has 0 unspecified atom stereocenters. The Morgan fingerprint density at radius 2 is 0.636 bits per heavy atom. The minimum absolute atomic E-state index is 0.494. The van der Waals surface area contributed by atoms with Crippen molar-refractivity contribution in [2.24, 2.45) is 0 Å². The maximum atomic E-state index is 16.0. The molecule has 3 nitrogen and oxygen atoms in total. The number of fused-ring (bicyclic) bond motifs is 7. The minimum atomic E-state index is -2.64. The second kappa shape index (κ2) is 30.4. The zero-order chi connectivity index (χ0) is 59.6. The second-order valence-corrected chi connectivity index (χ2v) is 30.8. The number of rotatable bonds is 22. The Labute approximate surface area is 533 Å². The summed E-state index contributed by atoms with van der Waals surface area (Å²) in [4.78, 5) is 16.0. The third-order valence-electron chi connectivity index (χ3n) is 23.8. The molecule has 6 fully saturated rings. The van der Waals surface area contributed by atoms with Crippen molar-refractivity contribution >= 4 is 51.7 Å². The molecule has 4 heteroatoms. The Kier molecular flexibility index (Phi) is 21.6. The van der Waals surface area contributed by atoms with Gasteiger partial charge in [0.1, 0.15) is 19.4 Å². The first-order chi connectivity index (χ1) is 43.5. The van der Waals surface area contributed by atoms with Crippen LogP contribution in [0.4, 0.5) is 0 Å². The van der Waals surface area contributed by atoms with E-state index in [9.17, 15) is 0 Å². The fraction of sp³-hybridized carbons (Fsp3) is 0.619. The maximum Gasteiger partial charge on any atom is 0.149 e. The molecule has 88 heavy (non-hydrogen) atoms. The van der Waals surface area contributed by atoms with Gasteiger partial charge in [0.2, 0.25) is 0 Å². The highest BCUT2D eigenvalue weighted by Crippen LogP contribution is 2.55. The zero-order valence-corrected chi connectivity index (χ0v) is 56.1. The molecule has 1 heterocycles. The van der Waals surface area contributed by atoms with Gasteiger partial charge in [-0.05, 0) is 228 Å². The van der Waals surface area contributed by atoms with Gasteiger partial charge in [-0.2, -0.15) is 0 Å². The van der Waals surface area contributed by atoms with Gasteiger partial charge in [-0.15, -0.1) is 0 Å². The predicted octanol–water partition coefficient (Wildman–Crippen LogP) is 27.1. The van der Waals surface area contributed by atoms with Crippen LogP contribution in [0.1, 0.15) is 364 Å². The van der Waals surface area contributed by atoms with Gasteiger partial charge in [-0.3, -0.25) is 0 Å². The number of benzene rings is 6. The van der Waals surface area contributed by atoms with E-state index in [1.54, 1.807) is 33.4 Å². The van der Waals surface area contributed by atoms with Gasteiger partial charge in [0.05, 0.1) is 0 Å². The lowest BCUT2D eigenvalue weighted by Crippen LogP contribution is -2.14. The summed E-state index contributed by atoms with van der Waals surface area (Å²) in [6.45, 7) is 4.66. The van der Waals surface area contributed by atoms with Gasteiger partial charge in [0.15, 0.2) is 0 Å². The van der Waals surface area contributed by atoms with Crippen LogP contribution in [0.15, 0.2) is 81.2 Å². The van der Waals surface area contributed by atoms with Crippen LogP contribution in [0.3, 0.4) is 0 Å². The molecule has 0 N–H and O–H groups in total. The first-order valence-electron chi connectivity index (χ1n) is 37.9. The minimum Gasteiger partial charge on any atom is -0.751 e. The van der Waals surface area contributed by atoms with Crippen LogP contribution in [0, 0.1) is 0 Å². The highest BCUT2D eigenvalue weighted by atomic mass is 31.1. The Morgan fingerprint density at radius 1 is 0.341 bits per heavy atom. The summed E-state index contributed by atoms with van der Waals surface area (Å²) in [5.74, 6) is 3.23. The summed E-state index contributed by atoms with van der Waals surface area (Å²) in [5, 5.41) is 7.24. The SMILES string of the molecule is CCCCCCCCc1ccc2c(c1)cc(-c1c(C3CCCCC3)cc(C3CCCCC3)cc1C1CCCCC1)c1op([O-])oc3c(-c4c(C5CCCCC5)cc(C5CCCCC5)cc4C4CCCCC4)cc4cc(CCCCCCCC)ccc4c3c12. The number of unbranched alkanes of at least 4 members (excludes halogenated alkanes) is 10. The standard InChI is InChI=1S/C84H112O3P/c1-3-5-7-9-11-19-33-59-47-49-71-69(51-59)57-77(79-73(63-39-25-15-26-40-63)53-67(61-35-21-13-22-36-61)54-74(79)64-41-27-16-28-42-64)83-81(71)82-72-50-48-60(34-20-12-10-8-6-4-2)52-70(72)58-78(84(82)87-88(85)86-83)80-75(65-43-29-17-30-44-65)55-68(62-37-23-14-24-38-62)56-76(80)66-45-31-18-32-46-66/h47-58,61-66H,3-46H2,1-2H3/q-1. The topological polar surface area (TPSA) is 49.3 Å². The lowest BCUT2D eigenvalue weighted by Gasteiger charge is -2.33. The van der Waals surface area contributed by atoms with Crippen molar-refractivity contribution in [2.75, 3.05) is 0 Å². The van der Waals surface area contributed by atoms with Crippen LogP contribution in [0.25, 0.3) is 65.7 Å². The molecule has 0 aliphatic heterocycles. The highest BCUT2D eigenvalue weighted by molar-refractivity contribution is 7.28. The Hall–Kier alpha value is -4.30. The van der Waals surface area contributed by atoms with Crippen LogP contribution in [0.2, 0.25) is 0 Å². The molecule has 472 valence electrons. The molecule has 0 radical (unpaired) electrons. The molecule has 1 aromatic heterocycles. The fourth-order valence-electron chi connectivity index (χ4n) is 19.0. The van der Waals surface area contributed by atoms with Gasteiger partial charge >= 0.3 is 0 Å². The van der Waals surface area contributed by atoms with Gasteiger partial charge in [0, 0.05) is 21.9 Å². The summed E-state index contributed by atoms with van der Waals surface area (Å²) in [6, 6.07) is 31.2. The lowest BCUT2D eigenvalue weighted by molar-refractivity contribution is -0.170.